The fourth-order valence-corrected chi connectivity index (χ4v) is 1.22. The second kappa shape index (κ2) is 4.22. The van der Waals surface area contributed by atoms with E-state index < -0.39 is 0 Å². The average Bonchev–Trinajstić information content (AvgIpc) is 2.23. The normalized spacial score (nSPS) is 15.5. The van der Waals surface area contributed by atoms with Crippen LogP contribution in [0.4, 0.5) is 5.82 Å². The number of hydrogen-bond donors (Lipinski definition) is 2. The van der Waals surface area contributed by atoms with Gasteiger partial charge in [0.15, 0.2) is 0 Å². The first-order valence-corrected chi connectivity index (χ1v) is 4.68. The largest absolute Gasteiger partial charge is 0.377 e. The third kappa shape index (κ3) is 2.21. The molecule has 2 heterocycles. The molecular formula is C9H12N4O2. The van der Waals surface area contributed by atoms with Gasteiger partial charge in [0, 0.05) is 13.1 Å². The maximum atomic E-state index is 11.3. The molecule has 0 bridgehead atoms. The standard InChI is InChI=1S/C9H12N4O2/c1-10-9(14)7-2-8(12-5-11-7)13-6-3-15-4-6/h2,5-6H,3-4H2,1H3,(H,10,14)(H,11,12,13). The van der Waals surface area contributed by atoms with Crippen LogP contribution in [-0.2, 0) is 4.74 Å². The summed E-state index contributed by atoms with van der Waals surface area (Å²) in [7, 11) is 1.57. The van der Waals surface area contributed by atoms with Gasteiger partial charge in [-0.2, -0.15) is 0 Å². The van der Waals surface area contributed by atoms with Crippen molar-refractivity contribution in [2.24, 2.45) is 0 Å². The molecule has 0 spiro atoms. The quantitative estimate of drug-likeness (QED) is 0.710. The van der Waals surface area contributed by atoms with E-state index in [4.69, 9.17) is 4.74 Å². The van der Waals surface area contributed by atoms with Gasteiger partial charge in [-0.3, -0.25) is 4.79 Å². The molecule has 80 valence electrons. The van der Waals surface area contributed by atoms with Crippen LogP contribution in [-0.4, -0.2) is 42.2 Å². The number of rotatable bonds is 3. The molecule has 1 aromatic heterocycles. The number of nitrogens with zero attached hydrogens (tertiary/aromatic N) is 2. The van der Waals surface area contributed by atoms with Crippen molar-refractivity contribution in [2.75, 3.05) is 25.6 Å². The molecule has 1 fully saturated rings. The van der Waals surface area contributed by atoms with Gasteiger partial charge in [0.25, 0.3) is 5.91 Å². The summed E-state index contributed by atoms with van der Waals surface area (Å²) in [5.41, 5.74) is 0.357. The zero-order valence-electron chi connectivity index (χ0n) is 8.36. The Bertz CT molecular complexity index is 365. The highest BCUT2D eigenvalue weighted by molar-refractivity contribution is 5.92. The van der Waals surface area contributed by atoms with Crippen LogP contribution in [0.3, 0.4) is 0 Å². The van der Waals surface area contributed by atoms with Gasteiger partial charge < -0.3 is 15.4 Å². The number of nitrogens with one attached hydrogen (secondary N) is 2. The minimum Gasteiger partial charge on any atom is -0.377 e. The molecule has 1 aliphatic rings. The first kappa shape index (κ1) is 9.85. The van der Waals surface area contributed by atoms with E-state index in [0.29, 0.717) is 24.7 Å². The molecule has 6 nitrogen and oxygen atoms in total. The maximum Gasteiger partial charge on any atom is 0.269 e. The number of hydrogen-bond acceptors (Lipinski definition) is 5. The Morgan fingerprint density at radius 3 is 2.93 bits per heavy atom. The second-order valence-corrected chi connectivity index (χ2v) is 3.25. The summed E-state index contributed by atoms with van der Waals surface area (Å²) in [6.07, 6.45) is 1.37. The lowest BCUT2D eigenvalue weighted by atomic mass is 10.2. The van der Waals surface area contributed by atoms with E-state index in [1.165, 1.54) is 6.33 Å². The van der Waals surface area contributed by atoms with Crippen molar-refractivity contribution in [3.05, 3.63) is 18.1 Å². The molecule has 0 atom stereocenters. The molecule has 1 aromatic rings. The summed E-state index contributed by atoms with van der Waals surface area (Å²) in [4.78, 5) is 19.2. The molecule has 1 saturated heterocycles. The SMILES string of the molecule is CNC(=O)c1cc(NC2COC2)ncn1. The molecule has 0 unspecified atom stereocenters. The van der Waals surface area contributed by atoms with Crippen LogP contribution < -0.4 is 10.6 Å². The molecule has 0 radical (unpaired) electrons. The zero-order valence-corrected chi connectivity index (χ0v) is 8.36. The van der Waals surface area contributed by atoms with Crippen LogP contribution in [0.15, 0.2) is 12.4 Å². The fourth-order valence-electron chi connectivity index (χ4n) is 1.22. The van der Waals surface area contributed by atoms with Crippen LogP contribution in [0.25, 0.3) is 0 Å². The minimum atomic E-state index is -0.217. The van der Waals surface area contributed by atoms with E-state index in [2.05, 4.69) is 20.6 Å². The van der Waals surface area contributed by atoms with Crippen molar-refractivity contribution in [2.45, 2.75) is 6.04 Å². The zero-order chi connectivity index (χ0) is 10.7. The van der Waals surface area contributed by atoms with Gasteiger partial charge in [-0.25, -0.2) is 9.97 Å². The fraction of sp³-hybridized carbons (Fsp3) is 0.444. The van der Waals surface area contributed by atoms with Crippen LogP contribution in [0, 0.1) is 0 Å². The van der Waals surface area contributed by atoms with Gasteiger partial charge in [-0.15, -0.1) is 0 Å². The Balaban J connectivity index is 2.07. The van der Waals surface area contributed by atoms with Gasteiger partial charge in [0.05, 0.1) is 19.3 Å². The van der Waals surface area contributed by atoms with Crippen LogP contribution >= 0.6 is 0 Å². The number of carbonyl (C=O) groups excluding carboxylic acids is 1. The summed E-state index contributed by atoms with van der Waals surface area (Å²) in [5.74, 6) is 0.433. The summed E-state index contributed by atoms with van der Waals surface area (Å²) < 4.78 is 5.02. The van der Waals surface area contributed by atoms with Crippen LogP contribution in [0.5, 0.6) is 0 Å². The minimum absolute atomic E-state index is 0.217. The smallest absolute Gasteiger partial charge is 0.269 e. The molecule has 1 amide bonds. The summed E-state index contributed by atoms with van der Waals surface area (Å²) in [5, 5.41) is 5.65. The number of anilines is 1. The Labute approximate surface area is 87.1 Å². The lowest BCUT2D eigenvalue weighted by molar-refractivity contribution is 0.0209. The van der Waals surface area contributed by atoms with Gasteiger partial charge in [0.2, 0.25) is 0 Å². The first-order valence-electron chi connectivity index (χ1n) is 4.68. The number of aromatic nitrogens is 2. The Kier molecular flexibility index (Phi) is 2.77. The molecule has 1 aliphatic heterocycles. The van der Waals surface area contributed by atoms with E-state index in [0.717, 1.165) is 0 Å². The molecule has 0 aliphatic carbocycles. The molecular weight excluding hydrogens is 196 g/mol. The van der Waals surface area contributed by atoms with Crippen molar-refractivity contribution in [3.63, 3.8) is 0 Å². The topological polar surface area (TPSA) is 76.1 Å². The van der Waals surface area contributed by atoms with Crippen molar-refractivity contribution in [1.29, 1.82) is 0 Å². The van der Waals surface area contributed by atoms with Crippen molar-refractivity contribution >= 4 is 11.7 Å². The van der Waals surface area contributed by atoms with E-state index in [1.54, 1.807) is 13.1 Å². The highest BCUT2D eigenvalue weighted by Gasteiger charge is 2.18. The lowest BCUT2D eigenvalue weighted by Crippen LogP contribution is -2.40. The molecule has 15 heavy (non-hydrogen) atoms. The van der Waals surface area contributed by atoms with E-state index in [9.17, 15) is 4.79 Å². The van der Waals surface area contributed by atoms with E-state index >= 15 is 0 Å². The van der Waals surface area contributed by atoms with Crippen LogP contribution in [0.1, 0.15) is 10.5 Å². The third-order valence-corrected chi connectivity index (χ3v) is 2.12. The third-order valence-electron chi connectivity index (χ3n) is 2.12. The average molecular weight is 208 g/mol. The second-order valence-electron chi connectivity index (χ2n) is 3.25. The summed E-state index contributed by atoms with van der Waals surface area (Å²) >= 11 is 0. The summed E-state index contributed by atoms with van der Waals surface area (Å²) in [6.45, 7) is 1.36. The molecule has 6 heteroatoms. The Hall–Kier alpha value is -1.69. The number of carbonyl (C=O) groups is 1. The predicted octanol–water partition coefficient (Wildman–Crippen LogP) is -0.353. The van der Waals surface area contributed by atoms with Gasteiger partial charge in [-0.1, -0.05) is 0 Å². The van der Waals surface area contributed by atoms with E-state index in [-0.39, 0.29) is 11.9 Å². The molecule has 2 N–H and O–H groups in total. The molecule has 0 saturated carbocycles. The highest BCUT2D eigenvalue weighted by atomic mass is 16.5. The van der Waals surface area contributed by atoms with Crippen molar-refractivity contribution in [1.82, 2.24) is 15.3 Å². The van der Waals surface area contributed by atoms with Gasteiger partial charge >= 0.3 is 0 Å². The Morgan fingerprint density at radius 1 is 1.53 bits per heavy atom. The monoisotopic (exact) mass is 208 g/mol. The first-order chi connectivity index (χ1) is 7.29. The van der Waals surface area contributed by atoms with Crippen molar-refractivity contribution in [3.8, 4) is 0 Å². The van der Waals surface area contributed by atoms with Gasteiger partial charge in [-0.05, 0) is 0 Å². The van der Waals surface area contributed by atoms with Crippen LogP contribution in [0.2, 0.25) is 0 Å². The predicted molar refractivity (Wildman–Crippen MR) is 53.7 cm³/mol. The lowest BCUT2D eigenvalue weighted by Gasteiger charge is -2.27. The number of amides is 1. The molecule has 0 aromatic carbocycles. The molecule has 2 rings (SSSR count). The maximum absolute atomic E-state index is 11.3. The van der Waals surface area contributed by atoms with Gasteiger partial charge in [0.1, 0.15) is 17.8 Å². The summed E-state index contributed by atoms with van der Waals surface area (Å²) in [6, 6.07) is 1.91. The number of ether oxygens (including phenoxy) is 1. The highest BCUT2D eigenvalue weighted by Crippen LogP contribution is 2.10. The Morgan fingerprint density at radius 2 is 2.33 bits per heavy atom. The van der Waals surface area contributed by atoms with E-state index in [1.807, 2.05) is 0 Å². The van der Waals surface area contributed by atoms with Crippen molar-refractivity contribution < 1.29 is 9.53 Å².